The molecule has 2 aromatic carbocycles. The molecule has 9 nitrogen and oxygen atoms in total. The van der Waals surface area contributed by atoms with Gasteiger partial charge in [0, 0.05) is 38.2 Å². The van der Waals surface area contributed by atoms with E-state index >= 15 is 0 Å². The largest absolute Gasteiger partial charge is 0.451 e. The van der Waals surface area contributed by atoms with Gasteiger partial charge >= 0.3 is 0 Å². The number of carbonyl (C=O) groups excluding carboxylic acids is 3. The summed E-state index contributed by atoms with van der Waals surface area (Å²) in [5, 5.41) is 5.91. The number of fused-ring (bicyclic) bond motifs is 1. The van der Waals surface area contributed by atoms with Gasteiger partial charge in [-0.3, -0.25) is 19.2 Å². The number of hydrogen-bond donors (Lipinski definition) is 2. The molecule has 1 fully saturated rings. The van der Waals surface area contributed by atoms with Crippen molar-refractivity contribution in [3.05, 3.63) is 70.6 Å². The van der Waals surface area contributed by atoms with Gasteiger partial charge in [0.1, 0.15) is 5.58 Å². The summed E-state index contributed by atoms with van der Waals surface area (Å²) < 4.78 is 5.53. The molecule has 0 unspecified atom stereocenters. The van der Waals surface area contributed by atoms with Gasteiger partial charge in [0.05, 0.1) is 23.3 Å². The van der Waals surface area contributed by atoms with E-state index in [2.05, 4.69) is 15.5 Å². The molecule has 1 aromatic heterocycles. The van der Waals surface area contributed by atoms with Crippen molar-refractivity contribution < 1.29 is 18.8 Å². The molecular formula is C26H28N4O5. The number of carbonyl (C=O) groups is 3. The molecule has 1 aliphatic heterocycles. The first kappa shape index (κ1) is 24.0. The molecule has 2 N–H and O–H groups in total. The van der Waals surface area contributed by atoms with Crippen LogP contribution in [-0.4, -0.2) is 55.3 Å². The lowest BCUT2D eigenvalue weighted by Crippen LogP contribution is -2.51. The first-order valence-electron chi connectivity index (χ1n) is 11.6. The molecule has 0 saturated carbocycles. The van der Waals surface area contributed by atoms with Crippen molar-refractivity contribution in [1.29, 1.82) is 0 Å². The monoisotopic (exact) mass is 476 g/mol. The van der Waals surface area contributed by atoms with Gasteiger partial charge in [0.2, 0.25) is 11.8 Å². The Morgan fingerprint density at radius 1 is 0.971 bits per heavy atom. The predicted octanol–water partition coefficient (Wildman–Crippen LogP) is 2.47. The fraction of sp³-hybridized carbons (Fsp3) is 0.308. The van der Waals surface area contributed by atoms with E-state index in [0.717, 1.165) is 17.4 Å². The fourth-order valence-corrected chi connectivity index (χ4v) is 3.90. The van der Waals surface area contributed by atoms with E-state index in [1.54, 1.807) is 29.2 Å². The average molecular weight is 477 g/mol. The number of nitrogens with zero attached hydrogens (tertiary/aromatic N) is 2. The van der Waals surface area contributed by atoms with E-state index in [-0.39, 0.29) is 35.5 Å². The number of amides is 3. The van der Waals surface area contributed by atoms with Crippen LogP contribution in [0.5, 0.6) is 0 Å². The van der Waals surface area contributed by atoms with Crippen LogP contribution in [0.4, 0.5) is 11.4 Å². The Labute approximate surface area is 202 Å². The number of para-hydroxylation sites is 3. The third kappa shape index (κ3) is 5.51. The SMILES string of the molecule is CC(C)C(=O)Nc1ccccc1N1CCN(C(=O)CNC(=O)c2cc(=O)c3ccccc3o2)CC1. The maximum atomic E-state index is 12.7. The molecule has 35 heavy (non-hydrogen) atoms. The van der Waals surface area contributed by atoms with Crippen molar-refractivity contribution in [3.63, 3.8) is 0 Å². The third-order valence-electron chi connectivity index (χ3n) is 5.92. The second-order valence-electron chi connectivity index (χ2n) is 8.68. The molecule has 0 aliphatic carbocycles. The van der Waals surface area contributed by atoms with E-state index in [9.17, 15) is 19.2 Å². The van der Waals surface area contributed by atoms with Crippen molar-refractivity contribution in [3.8, 4) is 0 Å². The van der Waals surface area contributed by atoms with Crippen LogP contribution >= 0.6 is 0 Å². The maximum absolute atomic E-state index is 12.7. The van der Waals surface area contributed by atoms with Crippen LogP contribution in [0.2, 0.25) is 0 Å². The van der Waals surface area contributed by atoms with Gasteiger partial charge in [-0.15, -0.1) is 0 Å². The van der Waals surface area contributed by atoms with E-state index in [0.29, 0.717) is 37.1 Å². The molecule has 0 spiro atoms. The zero-order valence-corrected chi connectivity index (χ0v) is 19.7. The molecule has 0 bridgehead atoms. The Balaban J connectivity index is 1.33. The van der Waals surface area contributed by atoms with Crippen LogP contribution in [0.25, 0.3) is 11.0 Å². The molecule has 182 valence electrons. The van der Waals surface area contributed by atoms with Crippen LogP contribution in [0.1, 0.15) is 24.4 Å². The zero-order chi connectivity index (χ0) is 24.9. The minimum absolute atomic E-state index is 0.0516. The lowest BCUT2D eigenvalue weighted by Gasteiger charge is -2.37. The minimum Gasteiger partial charge on any atom is -0.451 e. The minimum atomic E-state index is -0.616. The van der Waals surface area contributed by atoms with Crippen molar-refractivity contribution in [2.75, 3.05) is 42.9 Å². The Hall–Kier alpha value is -4.14. The smallest absolute Gasteiger partial charge is 0.287 e. The van der Waals surface area contributed by atoms with Gasteiger partial charge in [-0.1, -0.05) is 38.1 Å². The zero-order valence-electron chi connectivity index (χ0n) is 19.7. The van der Waals surface area contributed by atoms with Crippen molar-refractivity contribution in [2.45, 2.75) is 13.8 Å². The van der Waals surface area contributed by atoms with Crippen LogP contribution in [-0.2, 0) is 9.59 Å². The maximum Gasteiger partial charge on any atom is 0.287 e. The van der Waals surface area contributed by atoms with Gasteiger partial charge < -0.3 is 24.9 Å². The average Bonchev–Trinajstić information content (AvgIpc) is 2.87. The molecule has 1 aliphatic rings. The molecule has 4 rings (SSSR count). The highest BCUT2D eigenvalue weighted by Gasteiger charge is 2.24. The fourth-order valence-electron chi connectivity index (χ4n) is 3.90. The highest BCUT2D eigenvalue weighted by Crippen LogP contribution is 2.27. The summed E-state index contributed by atoms with van der Waals surface area (Å²) >= 11 is 0. The third-order valence-corrected chi connectivity index (χ3v) is 5.92. The van der Waals surface area contributed by atoms with E-state index < -0.39 is 5.91 Å². The van der Waals surface area contributed by atoms with Crippen LogP contribution in [0, 0.1) is 5.92 Å². The summed E-state index contributed by atoms with van der Waals surface area (Å²) in [6, 6.07) is 15.4. The Bertz CT molecular complexity index is 1310. The number of piperazine rings is 1. The first-order valence-corrected chi connectivity index (χ1v) is 11.6. The molecule has 3 amide bonds. The summed E-state index contributed by atoms with van der Waals surface area (Å²) in [6.45, 7) is 5.63. The van der Waals surface area contributed by atoms with Gasteiger partial charge in [0.15, 0.2) is 11.2 Å². The van der Waals surface area contributed by atoms with Crippen LogP contribution < -0.4 is 21.0 Å². The Kier molecular flexibility index (Phi) is 7.14. The standard InChI is InChI=1S/C26H28N4O5/c1-17(2)25(33)28-19-8-4-5-9-20(19)29-11-13-30(14-12-29)24(32)16-27-26(34)23-15-21(31)18-7-3-6-10-22(18)35-23/h3-10,15,17H,11-14,16H2,1-2H3,(H,27,34)(H,28,33). The second-order valence-corrected chi connectivity index (χ2v) is 8.68. The molecule has 2 heterocycles. The number of hydrogen-bond acceptors (Lipinski definition) is 6. The molecule has 1 saturated heterocycles. The topological polar surface area (TPSA) is 112 Å². The lowest BCUT2D eigenvalue weighted by molar-refractivity contribution is -0.130. The van der Waals surface area contributed by atoms with Crippen LogP contribution in [0.3, 0.4) is 0 Å². The van der Waals surface area contributed by atoms with Gasteiger partial charge in [-0.05, 0) is 24.3 Å². The molecule has 3 aromatic rings. The molecular weight excluding hydrogens is 448 g/mol. The van der Waals surface area contributed by atoms with Crippen molar-refractivity contribution >= 4 is 40.1 Å². The number of anilines is 2. The van der Waals surface area contributed by atoms with Gasteiger partial charge in [-0.25, -0.2) is 0 Å². The number of rotatable bonds is 6. The predicted molar refractivity (Wildman–Crippen MR) is 134 cm³/mol. The van der Waals surface area contributed by atoms with E-state index in [1.807, 2.05) is 38.1 Å². The van der Waals surface area contributed by atoms with Crippen molar-refractivity contribution in [1.82, 2.24) is 10.2 Å². The van der Waals surface area contributed by atoms with E-state index in [1.165, 1.54) is 0 Å². The highest BCUT2D eigenvalue weighted by molar-refractivity contribution is 5.96. The first-order chi connectivity index (χ1) is 16.8. The molecule has 0 atom stereocenters. The quantitative estimate of drug-likeness (QED) is 0.565. The number of benzene rings is 2. The summed E-state index contributed by atoms with van der Waals surface area (Å²) in [5.41, 5.74) is 1.66. The lowest BCUT2D eigenvalue weighted by atomic mass is 10.1. The Morgan fingerprint density at radius 2 is 1.66 bits per heavy atom. The summed E-state index contributed by atoms with van der Waals surface area (Å²) in [5.74, 6) is -1.15. The summed E-state index contributed by atoms with van der Waals surface area (Å²) in [4.78, 5) is 53.3. The summed E-state index contributed by atoms with van der Waals surface area (Å²) in [6.07, 6.45) is 0. The van der Waals surface area contributed by atoms with Crippen LogP contribution in [0.15, 0.2) is 63.8 Å². The van der Waals surface area contributed by atoms with Crippen molar-refractivity contribution in [2.24, 2.45) is 5.92 Å². The van der Waals surface area contributed by atoms with Gasteiger partial charge in [-0.2, -0.15) is 0 Å². The highest BCUT2D eigenvalue weighted by atomic mass is 16.3. The second kappa shape index (κ2) is 10.4. The summed E-state index contributed by atoms with van der Waals surface area (Å²) in [7, 11) is 0. The number of nitrogens with one attached hydrogen (secondary N) is 2. The molecule has 9 heteroatoms. The van der Waals surface area contributed by atoms with E-state index in [4.69, 9.17) is 4.42 Å². The Morgan fingerprint density at radius 3 is 2.40 bits per heavy atom. The normalized spacial score (nSPS) is 13.7. The molecule has 0 radical (unpaired) electrons. The van der Waals surface area contributed by atoms with Gasteiger partial charge in [0.25, 0.3) is 5.91 Å².